The molecule has 5 heteroatoms. The molecule has 1 aliphatic rings. The van der Waals surface area contributed by atoms with E-state index in [2.05, 4.69) is 28.5 Å². The Labute approximate surface area is 119 Å². The van der Waals surface area contributed by atoms with Crippen LogP contribution in [0.15, 0.2) is 24.5 Å². The molecule has 5 nitrogen and oxygen atoms in total. The number of nitrogens with zero attached hydrogens (tertiary/aromatic N) is 3. The minimum absolute atomic E-state index is 0.0673. The van der Waals surface area contributed by atoms with Crippen LogP contribution >= 0.6 is 0 Å². The fraction of sp³-hybridized carbons (Fsp3) is 0.467. The number of aromatic nitrogens is 3. The van der Waals surface area contributed by atoms with Gasteiger partial charge in [-0.15, -0.1) is 0 Å². The van der Waals surface area contributed by atoms with Crippen LogP contribution in [0.5, 0.6) is 0 Å². The zero-order valence-corrected chi connectivity index (χ0v) is 12.0. The molecule has 0 aromatic carbocycles. The van der Waals surface area contributed by atoms with Crippen molar-refractivity contribution in [3.05, 3.63) is 47.0 Å². The molecule has 106 valence electrons. The van der Waals surface area contributed by atoms with Gasteiger partial charge >= 0.3 is 0 Å². The molecule has 0 radical (unpaired) electrons. The lowest BCUT2D eigenvalue weighted by Gasteiger charge is -2.31. The van der Waals surface area contributed by atoms with Gasteiger partial charge in [-0.3, -0.25) is 20.9 Å². The molecule has 3 rings (SSSR count). The number of hydrazine groups is 1. The second-order valence-electron chi connectivity index (χ2n) is 5.50. The summed E-state index contributed by atoms with van der Waals surface area (Å²) in [5.41, 5.74) is 7.84. The van der Waals surface area contributed by atoms with Crippen molar-refractivity contribution in [3.63, 3.8) is 0 Å². The van der Waals surface area contributed by atoms with Gasteiger partial charge in [0.05, 0.1) is 12.2 Å². The van der Waals surface area contributed by atoms with E-state index in [4.69, 9.17) is 5.84 Å². The number of rotatable bonds is 3. The molecule has 3 N–H and O–H groups in total. The minimum Gasteiger partial charge on any atom is -0.273 e. The maximum absolute atomic E-state index is 5.86. The van der Waals surface area contributed by atoms with Gasteiger partial charge in [-0.2, -0.15) is 5.10 Å². The van der Waals surface area contributed by atoms with Crippen molar-refractivity contribution in [2.75, 3.05) is 0 Å². The van der Waals surface area contributed by atoms with E-state index in [1.165, 1.54) is 23.2 Å². The topological polar surface area (TPSA) is 68.8 Å². The lowest BCUT2D eigenvalue weighted by molar-refractivity contribution is 0.398. The first-order valence-corrected chi connectivity index (χ1v) is 7.10. The first-order valence-electron chi connectivity index (χ1n) is 7.10. The Morgan fingerprint density at radius 3 is 3.05 bits per heavy atom. The molecule has 0 spiro atoms. The highest BCUT2D eigenvalue weighted by Crippen LogP contribution is 2.39. The summed E-state index contributed by atoms with van der Waals surface area (Å²) in [6.07, 6.45) is 7.19. The van der Waals surface area contributed by atoms with Crippen LogP contribution in [0.25, 0.3) is 0 Å². The van der Waals surface area contributed by atoms with Gasteiger partial charge in [-0.05, 0) is 37.8 Å². The van der Waals surface area contributed by atoms with Crippen molar-refractivity contribution in [1.82, 2.24) is 20.2 Å². The molecule has 0 bridgehead atoms. The maximum Gasteiger partial charge on any atom is 0.0577 e. The highest BCUT2D eigenvalue weighted by atomic mass is 15.3. The van der Waals surface area contributed by atoms with Crippen LogP contribution in [0.3, 0.4) is 0 Å². The predicted octanol–water partition coefficient (Wildman–Crippen LogP) is 1.75. The number of pyridine rings is 1. The molecule has 0 saturated carbocycles. The second-order valence-corrected chi connectivity index (χ2v) is 5.50. The maximum atomic E-state index is 5.86. The quantitative estimate of drug-likeness (QED) is 0.659. The van der Waals surface area contributed by atoms with Gasteiger partial charge in [0.2, 0.25) is 0 Å². The summed E-state index contributed by atoms with van der Waals surface area (Å²) in [6.45, 7) is 2.08. The van der Waals surface area contributed by atoms with E-state index in [1.54, 1.807) is 0 Å². The Morgan fingerprint density at radius 2 is 2.35 bits per heavy atom. The van der Waals surface area contributed by atoms with Gasteiger partial charge in [-0.25, -0.2) is 0 Å². The number of nitrogens with two attached hydrogens (primary N) is 1. The summed E-state index contributed by atoms with van der Waals surface area (Å²) in [6, 6.07) is 4.26. The summed E-state index contributed by atoms with van der Waals surface area (Å²) in [7, 11) is 1.96. The van der Waals surface area contributed by atoms with Crippen molar-refractivity contribution >= 4 is 0 Å². The number of nitrogens with one attached hydrogen (secondary N) is 1. The van der Waals surface area contributed by atoms with Crippen molar-refractivity contribution in [2.45, 2.75) is 38.1 Å². The van der Waals surface area contributed by atoms with E-state index in [1.807, 2.05) is 30.2 Å². The molecule has 2 atom stereocenters. The molecule has 20 heavy (non-hydrogen) atoms. The van der Waals surface area contributed by atoms with Gasteiger partial charge in [-0.1, -0.05) is 6.07 Å². The number of hydrogen-bond donors (Lipinski definition) is 2. The molecule has 2 heterocycles. The molecular weight excluding hydrogens is 250 g/mol. The van der Waals surface area contributed by atoms with E-state index in [9.17, 15) is 0 Å². The Bertz CT molecular complexity index is 604. The zero-order valence-electron chi connectivity index (χ0n) is 12.0. The Morgan fingerprint density at radius 1 is 1.50 bits per heavy atom. The largest absolute Gasteiger partial charge is 0.273 e. The van der Waals surface area contributed by atoms with Crippen molar-refractivity contribution in [2.24, 2.45) is 12.9 Å². The van der Waals surface area contributed by atoms with Crippen LogP contribution < -0.4 is 11.3 Å². The van der Waals surface area contributed by atoms with Gasteiger partial charge in [0.15, 0.2) is 0 Å². The average Bonchev–Trinajstić information content (AvgIpc) is 2.81. The Hall–Kier alpha value is -1.72. The fourth-order valence-corrected chi connectivity index (χ4v) is 3.21. The summed E-state index contributed by atoms with van der Waals surface area (Å²) >= 11 is 0. The number of fused-ring (bicyclic) bond motifs is 1. The summed E-state index contributed by atoms with van der Waals surface area (Å²) in [4.78, 5) is 4.61. The van der Waals surface area contributed by atoms with Gasteiger partial charge < -0.3 is 0 Å². The highest BCUT2D eigenvalue weighted by molar-refractivity contribution is 5.32. The minimum atomic E-state index is 0.0673. The molecule has 0 fully saturated rings. The van der Waals surface area contributed by atoms with Crippen LogP contribution in [0, 0.1) is 6.92 Å². The Balaban J connectivity index is 2.01. The second kappa shape index (κ2) is 5.34. The smallest absolute Gasteiger partial charge is 0.0577 e. The van der Waals surface area contributed by atoms with Crippen LogP contribution in [0.2, 0.25) is 0 Å². The summed E-state index contributed by atoms with van der Waals surface area (Å²) < 4.78 is 1.89. The van der Waals surface area contributed by atoms with E-state index in [0.29, 0.717) is 5.92 Å². The van der Waals surface area contributed by atoms with E-state index in [-0.39, 0.29) is 6.04 Å². The zero-order chi connectivity index (χ0) is 14.1. The molecule has 2 unspecified atom stereocenters. The standard InChI is InChI=1S/C15H21N5/c1-10-13(9-18-20(10)2)15(19-16)12-7-3-5-11-6-4-8-17-14(11)12/h4,6,8-9,12,15,19H,3,5,7,16H2,1-2H3. The van der Waals surface area contributed by atoms with Crippen LogP contribution in [0.4, 0.5) is 0 Å². The normalized spacial score (nSPS) is 19.6. The van der Waals surface area contributed by atoms with Crippen molar-refractivity contribution in [3.8, 4) is 0 Å². The molecular formula is C15H21N5. The highest BCUT2D eigenvalue weighted by Gasteiger charge is 2.31. The fourth-order valence-electron chi connectivity index (χ4n) is 3.21. The van der Waals surface area contributed by atoms with Gasteiger partial charge in [0, 0.05) is 36.1 Å². The predicted molar refractivity (Wildman–Crippen MR) is 77.9 cm³/mol. The molecule has 0 saturated heterocycles. The van der Waals surface area contributed by atoms with Crippen LogP contribution in [-0.2, 0) is 13.5 Å². The third kappa shape index (κ3) is 2.13. The SMILES string of the molecule is Cc1c(C(NN)C2CCCc3cccnc32)cnn1C. The van der Waals surface area contributed by atoms with E-state index >= 15 is 0 Å². The van der Waals surface area contributed by atoms with Gasteiger partial charge in [0.25, 0.3) is 0 Å². The van der Waals surface area contributed by atoms with Crippen LogP contribution in [0.1, 0.15) is 47.3 Å². The van der Waals surface area contributed by atoms with Crippen molar-refractivity contribution < 1.29 is 0 Å². The number of hydrogen-bond acceptors (Lipinski definition) is 4. The lowest BCUT2D eigenvalue weighted by atomic mass is 9.80. The average molecular weight is 271 g/mol. The summed E-state index contributed by atoms with van der Waals surface area (Å²) in [5, 5.41) is 4.34. The van der Waals surface area contributed by atoms with E-state index < -0.39 is 0 Å². The van der Waals surface area contributed by atoms with Crippen LogP contribution in [-0.4, -0.2) is 14.8 Å². The van der Waals surface area contributed by atoms with Crippen molar-refractivity contribution in [1.29, 1.82) is 0 Å². The molecule has 0 aliphatic heterocycles. The van der Waals surface area contributed by atoms with E-state index in [0.717, 1.165) is 18.5 Å². The molecule has 1 aliphatic carbocycles. The monoisotopic (exact) mass is 271 g/mol. The Kier molecular flexibility index (Phi) is 3.54. The van der Waals surface area contributed by atoms with Gasteiger partial charge in [0.1, 0.15) is 0 Å². The third-order valence-electron chi connectivity index (χ3n) is 4.43. The first-order chi connectivity index (χ1) is 9.72. The molecule has 2 aromatic heterocycles. The lowest BCUT2D eigenvalue weighted by Crippen LogP contribution is -2.34. The molecule has 2 aromatic rings. The first kappa shape index (κ1) is 13.3. The third-order valence-corrected chi connectivity index (χ3v) is 4.43. The molecule has 0 amide bonds. The summed E-state index contributed by atoms with van der Waals surface area (Å²) in [5.74, 6) is 6.17. The number of aryl methyl sites for hydroxylation is 2.